The van der Waals surface area contributed by atoms with E-state index in [9.17, 15) is 0 Å². The fourth-order valence-electron chi connectivity index (χ4n) is 1.65. The van der Waals surface area contributed by atoms with Gasteiger partial charge in [-0.2, -0.15) is 0 Å². The van der Waals surface area contributed by atoms with Gasteiger partial charge in [0.15, 0.2) is 0 Å². The zero-order valence-electron chi connectivity index (χ0n) is 9.95. The third-order valence-electron chi connectivity index (χ3n) is 2.58. The van der Waals surface area contributed by atoms with Gasteiger partial charge in [0.2, 0.25) is 0 Å². The van der Waals surface area contributed by atoms with Gasteiger partial charge < -0.3 is 14.5 Å². The molecule has 0 N–H and O–H groups in total. The summed E-state index contributed by atoms with van der Waals surface area (Å²) in [6.45, 7) is 10.6. The van der Waals surface area contributed by atoms with Crippen molar-refractivity contribution in [2.24, 2.45) is 0 Å². The molecular formula is C11H22N2O. The average Bonchev–Trinajstić information content (AvgIpc) is 2.49. The monoisotopic (exact) mass is 198 g/mol. The summed E-state index contributed by atoms with van der Waals surface area (Å²) in [6.07, 6.45) is 2.22. The van der Waals surface area contributed by atoms with Crippen molar-refractivity contribution in [1.29, 1.82) is 0 Å². The van der Waals surface area contributed by atoms with E-state index in [2.05, 4.69) is 43.7 Å². The quantitative estimate of drug-likeness (QED) is 0.686. The van der Waals surface area contributed by atoms with E-state index in [0.29, 0.717) is 18.7 Å². The Bertz CT molecular complexity index is 211. The lowest BCUT2D eigenvalue weighted by atomic mass is 10.3. The summed E-state index contributed by atoms with van der Waals surface area (Å²) < 4.78 is 5.20. The van der Waals surface area contributed by atoms with Crippen molar-refractivity contribution in [2.75, 3.05) is 20.4 Å². The first kappa shape index (κ1) is 11.4. The van der Waals surface area contributed by atoms with E-state index >= 15 is 0 Å². The van der Waals surface area contributed by atoms with Gasteiger partial charge >= 0.3 is 0 Å². The number of nitrogens with zero attached hydrogens (tertiary/aromatic N) is 2. The van der Waals surface area contributed by atoms with Gasteiger partial charge in [0.05, 0.1) is 19.0 Å². The lowest BCUT2D eigenvalue weighted by Gasteiger charge is -2.28. The summed E-state index contributed by atoms with van der Waals surface area (Å²) in [6, 6.07) is 1.10. The molecule has 0 unspecified atom stereocenters. The molecule has 3 heteroatoms. The van der Waals surface area contributed by atoms with Crippen LogP contribution in [0.2, 0.25) is 0 Å². The molecule has 0 fully saturated rings. The minimum Gasteiger partial charge on any atom is -0.378 e. The maximum absolute atomic E-state index is 5.20. The number of hydrogen-bond acceptors (Lipinski definition) is 3. The van der Waals surface area contributed by atoms with Gasteiger partial charge in [0.1, 0.15) is 0 Å². The van der Waals surface area contributed by atoms with Crippen LogP contribution in [0.5, 0.6) is 0 Å². The molecule has 0 aromatic carbocycles. The Labute approximate surface area is 87.3 Å². The summed E-state index contributed by atoms with van der Waals surface area (Å²) in [5.74, 6) is 0. The molecule has 1 aliphatic heterocycles. The van der Waals surface area contributed by atoms with Crippen molar-refractivity contribution < 1.29 is 4.74 Å². The van der Waals surface area contributed by atoms with Gasteiger partial charge in [-0.1, -0.05) is 0 Å². The summed E-state index contributed by atoms with van der Waals surface area (Å²) in [5, 5.41) is 0. The van der Waals surface area contributed by atoms with Crippen LogP contribution in [-0.4, -0.2) is 42.3 Å². The lowest BCUT2D eigenvalue weighted by Crippen LogP contribution is -2.35. The highest BCUT2D eigenvalue weighted by Gasteiger charge is 2.23. The molecule has 1 aliphatic rings. The molecule has 1 heterocycles. The topological polar surface area (TPSA) is 15.7 Å². The highest BCUT2D eigenvalue weighted by atomic mass is 16.5. The van der Waals surface area contributed by atoms with Gasteiger partial charge in [0.25, 0.3) is 0 Å². The number of methoxy groups -OCH3 is 1. The maximum Gasteiger partial charge on any atom is 0.0902 e. The normalized spacial score (nSPS) is 17.2. The first-order chi connectivity index (χ1) is 6.56. The molecule has 0 atom stereocenters. The molecule has 3 nitrogen and oxygen atoms in total. The molecule has 14 heavy (non-hydrogen) atoms. The molecule has 0 radical (unpaired) electrons. The molecule has 0 saturated carbocycles. The van der Waals surface area contributed by atoms with Gasteiger partial charge in [-0.3, -0.25) is 0 Å². The lowest BCUT2D eigenvalue weighted by molar-refractivity contribution is 0.157. The molecule has 0 aromatic heterocycles. The van der Waals surface area contributed by atoms with E-state index in [-0.39, 0.29) is 0 Å². The Balaban J connectivity index is 2.68. The number of hydrogen-bond donors (Lipinski definition) is 0. The summed E-state index contributed by atoms with van der Waals surface area (Å²) in [5.41, 5.74) is 1.29. The van der Waals surface area contributed by atoms with Crippen molar-refractivity contribution in [3.63, 3.8) is 0 Å². The van der Waals surface area contributed by atoms with Crippen LogP contribution in [0.3, 0.4) is 0 Å². The summed E-state index contributed by atoms with van der Waals surface area (Å²) >= 11 is 0. The second-order valence-corrected chi connectivity index (χ2v) is 4.37. The molecule has 0 spiro atoms. The second kappa shape index (κ2) is 4.69. The van der Waals surface area contributed by atoms with Crippen molar-refractivity contribution in [1.82, 2.24) is 9.80 Å². The zero-order valence-corrected chi connectivity index (χ0v) is 9.95. The third kappa shape index (κ3) is 2.41. The second-order valence-electron chi connectivity index (χ2n) is 4.37. The molecule has 0 aromatic rings. The minimum absolute atomic E-state index is 0.542. The van der Waals surface area contributed by atoms with E-state index in [1.165, 1.54) is 5.70 Å². The molecular weight excluding hydrogens is 176 g/mol. The summed E-state index contributed by atoms with van der Waals surface area (Å²) in [7, 11) is 1.75. The Morgan fingerprint density at radius 3 is 2.36 bits per heavy atom. The largest absolute Gasteiger partial charge is 0.378 e. The SMILES string of the molecule is COCC1=CN(C(C)C)CN1C(C)C. The fourth-order valence-corrected chi connectivity index (χ4v) is 1.65. The van der Waals surface area contributed by atoms with Crippen molar-refractivity contribution in [3.8, 4) is 0 Å². The molecule has 0 amide bonds. The van der Waals surface area contributed by atoms with Crippen LogP contribution in [0.1, 0.15) is 27.7 Å². The highest BCUT2D eigenvalue weighted by molar-refractivity contribution is 5.08. The Morgan fingerprint density at radius 2 is 1.93 bits per heavy atom. The molecule has 0 aliphatic carbocycles. The van der Waals surface area contributed by atoms with Crippen LogP contribution in [0.4, 0.5) is 0 Å². The first-order valence-corrected chi connectivity index (χ1v) is 5.28. The molecule has 0 saturated heterocycles. The molecule has 0 bridgehead atoms. The van der Waals surface area contributed by atoms with E-state index < -0.39 is 0 Å². The van der Waals surface area contributed by atoms with Crippen molar-refractivity contribution in [3.05, 3.63) is 11.9 Å². The van der Waals surface area contributed by atoms with Crippen LogP contribution in [0.25, 0.3) is 0 Å². The van der Waals surface area contributed by atoms with Crippen LogP contribution in [0, 0.1) is 0 Å². The van der Waals surface area contributed by atoms with Crippen molar-refractivity contribution >= 4 is 0 Å². The highest BCUT2D eigenvalue weighted by Crippen LogP contribution is 2.20. The standard InChI is InChI=1S/C11H22N2O/c1-9(2)12-6-11(7-14-5)13(8-12)10(3)4/h6,9-10H,7-8H2,1-5H3. The predicted molar refractivity (Wildman–Crippen MR) is 58.8 cm³/mol. The van der Waals surface area contributed by atoms with E-state index in [4.69, 9.17) is 4.74 Å². The number of rotatable bonds is 4. The average molecular weight is 198 g/mol. The van der Waals surface area contributed by atoms with E-state index in [0.717, 1.165) is 6.67 Å². The molecule has 1 rings (SSSR count). The van der Waals surface area contributed by atoms with Gasteiger partial charge in [-0.05, 0) is 27.7 Å². The molecule has 82 valence electrons. The number of ether oxygens (including phenoxy) is 1. The van der Waals surface area contributed by atoms with Crippen LogP contribution >= 0.6 is 0 Å². The first-order valence-electron chi connectivity index (χ1n) is 5.28. The summed E-state index contributed by atoms with van der Waals surface area (Å²) in [4.78, 5) is 4.72. The van der Waals surface area contributed by atoms with Crippen LogP contribution in [-0.2, 0) is 4.74 Å². The zero-order chi connectivity index (χ0) is 10.7. The minimum atomic E-state index is 0.542. The van der Waals surface area contributed by atoms with Gasteiger partial charge in [0, 0.05) is 25.4 Å². The van der Waals surface area contributed by atoms with E-state index in [1.54, 1.807) is 7.11 Å². The van der Waals surface area contributed by atoms with E-state index in [1.807, 2.05) is 0 Å². The Morgan fingerprint density at radius 1 is 1.29 bits per heavy atom. The van der Waals surface area contributed by atoms with Crippen LogP contribution < -0.4 is 0 Å². The van der Waals surface area contributed by atoms with Crippen molar-refractivity contribution in [2.45, 2.75) is 39.8 Å². The Kier molecular flexibility index (Phi) is 3.81. The van der Waals surface area contributed by atoms with Crippen LogP contribution in [0.15, 0.2) is 11.9 Å². The maximum atomic E-state index is 5.20. The van der Waals surface area contributed by atoms with Gasteiger partial charge in [-0.25, -0.2) is 0 Å². The fraction of sp³-hybridized carbons (Fsp3) is 0.818. The van der Waals surface area contributed by atoms with Gasteiger partial charge in [-0.15, -0.1) is 0 Å². The smallest absolute Gasteiger partial charge is 0.0902 e. The predicted octanol–water partition coefficient (Wildman–Crippen LogP) is 1.87. The third-order valence-corrected chi connectivity index (χ3v) is 2.58. The Hall–Kier alpha value is -0.700.